The van der Waals surface area contributed by atoms with Crippen molar-refractivity contribution in [3.8, 4) is 0 Å². The van der Waals surface area contributed by atoms with E-state index < -0.39 is 0 Å². The van der Waals surface area contributed by atoms with Crippen LogP contribution in [0.2, 0.25) is 0 Å². The Morgan fingerprint density at radius 2 is 2.07 bits per heavy atom. The third kappa shape index (κ3) is 1.47. The van der Waals surface area contributed by atoms with Gasteiger partial charge in [0.15, 0.2) is 0 Å². The van der Waals surface area contributed by atoms with Gasteiger partial charge in [0.25, 0.3) is 0 Å². The first kappa shape index (κ1) is 8.83. The van der Waals surface area contributed by atoms with Crippen molar-refractivity contribution >= 4 is 11.3 Å². The van der Waals surface area contributed by atoms with Crippen molar-refractivity contribution in [2.45, 2.75) is 18.3 Å². The van der Waals surface area contributed by atoms with E-state index >= 15 is 0 Å². The predicted octanol–water partition coefficient (Wildman–Crippen LogP) is 0.907. The lowest BCUT2D eigenvalue weighted by molar-refractivity contribution is 0.446. The smallest absolute Gasteiger partial charge is 0.0984 e. The van der Waals surface area contributed by atoms with Crippen LogP contribution < -0.4 is 10.6 Å². The van der Waals surface area contributed by atoms with E-state index in [4.69, 9.17) is 4.98 Å². The minimum absolute atomic E-state index is 0.674. The lowest BCUT2D eigenvalue weighted by Crippen LogP contribution is -2.39. The zero-order chi connectivity index (χ0) is 9.38. The van der Waals surface area contributed by atoms with Gasteiger partial charge in [-0.05, 0) is 13.0 Å². The van der Waals surface area contributed by atoms with Crippen LogP contribution in [-0.4, -0.2) is 31.2 Å². The molecule has 2 aliphatic heterocycles. The van der Waals surface area contributed by atoms with Crippen molar-refractivity contribution in [3.63, 3.8) is 0 Å². The Morgan fingerprint density at radius 1 is 1.21 bits per heavy atom. The fourth-order valence-electron chi connectivity index (χ4n) is 2.05. The first-order valence-electron chi connectivity index (χ1n) is 5.30. The zero-order valence-electron chi connectivity index (χ0n) is 8.12. The average molecular weight is 209 g/mol. The molecule has 0 aliphatic carbocycles. The van der Waals surface area contributed by atoms with Crippen LogP contribution in [0, 0.1) is 0 Å². The second-order valence-electron chi connectivity index (χ2n) is 4.16. The summed E-state index contributed by atoms with van der Waals surface area (Å²) in [6.07, 6.45) is 1.26. The summed E-state index contributed by atoms with van der Waals surface area (Å²) in [5, 5.41) is 10.3. The Morgan fingerprint density at radius 3 is 2.71 bits per heavy atom. The Hall–Kier alpha value is -0.450. The van der Waals surface area contributed by atoms with E-state index in [-0.39, 0.29) is 0 Å². The van der Waals surface area contributed by atoms with E-state index in [1.54, 1.807) is 0 Å². The number of hydrogen-bond donors (Lipinski definition) is 2. The molecule has 0 saturated carbocycles. The molecule has 14 heavy (non-hydrogen) atoms. The molecule has 4 heteroatoms. The second-order valence-corrected chi connectivity index (χ2v) is 5.05. The highest BCUT2D eigenvalue weighted by Crippen LogP contribution is 2.28. The molecular weight excluding hydrogens is 194 g/mol. The summed E-state index contributed by atoms with van der Waals surface area (Å²) < 4.78 is 0. The number of hydrogen-bond acceptors (Lipinski definition) is 4. The lowest BCUT2D eigenvalue weighted by atomic mass is 10.0. The van der Waals surface area contributed by atoms with Crippen LogP contribution in [-0.2, 0) is 0 Å². The Bertz CT molecular complexity index is 313. The van der Waals surface area contributed by atoms with Crippen molar-refractivity contribution in [1.29, 1.82) is 0 Å². The van der Waals surface area contributed by atoms with Gasteiger partial charge in [0.1, 0.15) is 0 Å². The highest BCUT2D eigenvalue weighted by molar-refractivity contribution is 7.09. The molecule has 0 amide bonds. The van der Waals surface area contributed by atoms with Gasteiger partial charge in [-0.3, -0.25) is 0 Å². The first-order chi connectivity index (χ1) is 6.93. The van der Waals surface area contributed by atoms with Gasteiger partial charge in [-0.15, -0.1) is 11.3 Å². The van der Waals surface area contributed by atoms with E-state index in [0.717, 1.165) is 26.2 Å². The van der Waals surface area contributed by atoms with Crippen LogP contribution >= 0.6 is 11.3 Å². The average Bonchev–Trinajstić information content (AvgIpc) is 2.65. The molecular formula is C10H15N3S. The van der Waals surface area contributed by atoms with Gasteiger partial charge in [-0.2, -0.15) is 0 Å². The first-order valence-corrected chi connectivity index (χ1v) is 6.18. The Kier molecular flexibility index (Phi) is 2.27. The third-order valence-electron chi connectivity index (χ3n) is 3.15. The maximum absolute atomic E-state index is 4.75. The third-order valence-corrected chi connectivity index (χ3v) is 4.17. The lowest BCUT2D eigenvalue weighted by Gasteiger charge is -2.24. The highest BCUT2D eigenvalue weighted by Gasteiger charge is 2.24. The van der Waals surface area contributed by atoms with Crippen molar-refractivity contribution in [1.82, 2.24) is 15.6 Å². The molecule has 3 nitrogen and oxygen atoms in total. The second kappa shape index (κ2) is 3.61. The topological polar surface area (TPSA) is 37.0 Å². The molecule has 3 heterocycles. The molecule has 2 N–H and O–H groups in total. The molecule has 1 atom stereocenters. The zero-order valence-corrected chi connectivity index (χ0v) is 8.94. The maximum atomic E-state index is 4.75. The molecule has 2 aliphatic rings. The van der Waals surface area contributed by atoms with E-state index in [2.05, 4.69) is 16.0 Å². The van der Waals surface area contributed by atoms with Gasteiger partial charge in [0.2, 0.25) is 0 Å². The summed E-state index contributed by atoms with van der Waals surface area (Å²) in [7, 11) is 0. The minimum atomic E-state index is 0.674. The molecule has 1 aromatic rings. The summed E-state index contributed by atoms with van der Waals surface area (Å²) in [6.45, 7) is 4.51. The van der Waals surface area contributed by atoms with Crippen LogP contribution in [0.3, 0.4) is 0 Å². The quantitative estimate of drug-likeness (QED) is 0.760. The van der Waals surface area contributed by atoms with Crippen LogP contribution in [0.15, 0.2) is 5.38 Å². The van der Waals surface area contributed by atoms with Crippen molar-refractivity contribution in [3.05, 3.63) is 16.1 Å². The van der Waals surface area contributed by atoms with Gasteiger partial charge in [0, 0.05) is 36.9 Å². The fraction of sp³-hybridized carbons (Fsp3) is 0.700. The number of thiazole rings is 1. The van der Waals surface area contributed by atoms with E-state index in [9.17, 15) is 0 Å². The molecule has 1 aromatic heterocycles. The monoisotopic (exact) mass is 209 g/mol. The Labute approximate surface area is 87.9 Å². The summed E-state index contributed by atoms with van der Waals surface area (Å²) in [6, 6.07) is 0. The van der Waals surface area contributed by atoms with E-state index in [0.29, 0.717) is 11.8 Å². The van der Waals surface area contributed by atoms with E-state index in [1.807, 2.05) is 11.3 Å². The largest absolute Gasteiger partial charge is 0.316 e. The molecule has 76 valence electrons. The van der Waals surface area contributed by atoms with Crippen LogP contribution in [0.1, 0.15) is 29.0 Å². The van der Waals surface area contributed by atoms with Crippen molar-refractivity contribution < 1.29 is 0 Å². The van der Waals surface area contributed by atoms with Crippen LogP contribution in [0.25, 0.3) is 0 Å². The molecule has 2 saturated heterocycles. The standard InChI is InChI=1S/C10H15N3S/c1-2-11-3-7(1)9-6-14-10(13-9)8-4-12-5-8/h6-8,11-12H,1-5H2. The summed E-state index contributed by atoms with van der Waals surface area (Å²) in [4.78, 5) is 4.75. The molecule has 1 unspecified atom stereocenters. The van der Waals surface area contributed by atoms with Crippen LogP contribution in [0.5, 0.6) is 0 Å². The normalized spacial score (nSPS) is 27.9. The molecule has 2 fully saturated rings. The number of nitrogens with one attached hydrogen (secondary N) is 2. The molecule has 0 spiro atoms. The predicted molar refractivity (Wildman–Crippen MR) is 58.0 cm³/mol. The molecule has 0 aromatic carbocycles. The van der Waals surface area contributed by atoms with Gasteiger partial charge in [-0.1, -0.05) is 0 Å². The van der Waals surface area contributed by atoms with Gasteiger partial charge < -0.3 is 10.6 Å². The van der Waals surface area contributed by atoms with Gasteiger partial charge >= 0.3 is 0 Å². The number of nitrogens with zero attached hydrogens (tertiary/aromatic N) is 1. The van der Waals surface area contributed by atoms with Crippen LogP contribution in [0.4, 0.5) is 0 Å². The summed E-state index contributed by atoms with van der Waals surface area (Å²) >= 11 is 1.84. The highest BCUT2D eigenvalue weighted by atomic mass is 32.1. The molecule has 3 rings (SSSR count). The summed E-state index contributed by atoms with van der Waals surface area (Å²) in [5.41, 5.74) is 1.32. The van der Waals surface area contributed by atoms with E-state index in [1.165, 1.54) is 17.1 Å². The number of aromatic nitrogens is 1. The van der Waals surface area contributed by atoms with Gasteiger partial charge in [-0.25, -0.2) is 4.98 Å². The van der Waals surface area contributed by atoms with Crippen molar-refractivity contribution in [2.24, 2.45) is 0 Å². The SMILES string of the molecule is c1sc(C2CNC2)nc1C1CCNC1. The Balaban J connectivity index is 1.75. The molecule has 0 radical (unpaired) electrons. The maximum Gasteiger partial charge on any atom is 0.0984 e. The molecule has 0 bridgehead atoms. The minimum Gasteiger partial charge on any atom is -0.316 e. The summed E-state index contributed by atoms with van der Waals surface area (Å²) in [5.74, 6) is 1.37. The van der Waals surface area contributed by atoms with Gasteiger partial charge in [0.05, 0.1) is 10.7 Å². The fourth-order valence-corrected chi connectivity index (χ4v) is 3.05. The number of rotatable bonds is 2. The van der Waals surface area contributed by atoms with Crippen molar-refractivity contribution in [2.75, 3.05) is 26.2 Å².